The molecule has 1 aromatic rings. The van der Waals surface area contributed by atoms with Crippen LogP contribution in [0.4, 0.5) is 0 Å². The lowest BCUT2D eigenvalue weighted by molar-refractivity contribution is -0.154. The van der Waals surface area contributed by atoms with Gasteiger partial charge in [-0.1, -0.05) is 154 Å². The Morgan fingerprint density at radius 3 is 1.65 bits per heavy atom. The van der Waals surface area contributed by atoms with E-state index in [0.29, 0.717) is 32.4 Å². The van der Waals surface area contributed by atoms with Gasteiger partial charge in [-0.2, -0.15) is 0 Å². The highest BCUT2D eigenvalue weighted by atomic mass is 16.5. The van der Waals surface area contributed by atoms with Gasteiger partial charge in [0.05, 0.1) is 7.11 Å². The Bertz CT molecular complexity index is 1020. The normalized spacial score (nSPS) is 11.8. The van der Waals surface area contributed by atoms with Crippen molar-refractivity contribution in [3.63, 3.8) is 0 Å². The maximum Gasteiger partial charge on any atom is 0.306 e. The summed E-state index contributed by atoms with van der Waals surface area (Å²) in [7, 11) is 5.66. The average Bonchev–Trinajstić information content (AvgIpc) is 3.14. The van der Waals surface area contributed by atoms with Crippen molar-refractivity contribution in [2.24, 2.45) is 0 Å². The monoisotopic (exact) mass is 730 g/mol. The number of amides is 2. The highest BCUT2D eigenvalue weighted by Gasteiger charge is 2.29. The van der Waals surface area contributed by atoms with E-state index < -0.39 is 6.04 Å². The van der Waals surface area contributed by atoms with E-state index in [4.69, 9.17) is 9.47 Å². The van der Waals surface area contributed by atoms with Crippen LogP contribution < -0.4 is 10.1 Å². The number of hydrogen-bond donors (Lipinski definition) is 1. The van der Waals surface area contributed by atoms with Gasteiger partial charge in [-0.3, -0.25) is 14.4 Å². The second-order valence-corrected chi connectivity index (χ2v) is 15.1. The smallest absolute Gasteiger partial charge is 0.306 e. The van der Waals surface area contributed by atoms with Crippen molar-refractivity contribution in [1.82, 2.24) is 15.1 Å². The molecule has 1 aromatic carbocycles. The summed E-state index contributed by atoms with van der Waals surface area (Å²) >= 11 is 0. The molecule has 0 saturated heterocycles. The highest BCUT2D eigenvalue weighted by Crippen LogP contribution is 2.17. The predicted molar refractivity (Wildman–Crippen MR) is 217 cm³/mol. The number of benzene rings is 1. The quantitative estimate of drug-likeness (QED) is 0.0553. The lowest BCUT2D eigenvalue weighted by Crippen LogP contribution is -2.51. The van der Waals surface area contributed by atoms with Gasteiger partial charge >= 0.3 is 5.97 Å². The van der Waals surface area contributed by atoms with E-state index in [9.17, 15) is 14.4 Å². The molecule has 8 nitrogen and oxygen atoms in total. The number of unbranched alkanes of at least 4 members (excludes halogenated alkanes) is 19. The van der Waals surface area contributed by atoms with Gasteiger partial charge in [-0.05, 0) is 64.0 Å². The van der Waals surface area contributed by atoms with Crippen LogP contribution in [0.15, 0.2) is 24.3 Å². The number of esters is 1. The predicted octanol–water partition coefficient (Wildman–Crippen LogP) is 10.1. The number of ether oxygens (including phenoxy) is 2. The molecule has 0 aliphatic carbocycles. The second kappa shape index (κ2) is 33.0. The Morgan fingerprint density at radius 2 is 1.15 bits per heavy atom. The molecule has 300 valence electrons. The maximum atomic E-state index is 13.7. The number of hydrogen-bond acceptors (Lipinski definition) is 6. The first-order valence-corrected chi connectivity index (χ1v) is 21.3. The molecule has 1 rings (SSSR count). The summed E-state index contributed by atoms with van der Waals surface area (Å²) in [5, 5.41) is 3.11. The van der Waals surface area contributed by atoms with Crippen molar-refractivity contribution in [2.75, 3.05) is 47.4 Å². The summed E-state index contributed by atoms with van der Waals surface area (Å²) in [6.45, 7) is 5.88. The first-order valence-electron chi connectivity index (χ1n) is 21.3. The Morgan fingerprint density at radius 1 is 0.654 bits per heavy atom. The molecular weight excluding hydrogens is 650 g/mol. The zero-order valence-electron chi connectivity index (χ0n) is 34.3. The molecule has 1 atom stereocenters. The lowest BCUT2D eigenvalue weighted by Gasteiger charge is -2.31. The molecule has 0 spiro atoms. The van der Waals surface area contributed by atoms with Gasteiger partial charge in [0.15, 0.2) is 6.61 Å². The molecule has 2 amide bonds. The molecule has 0 heterocycles. The summed E-state index contributed by atoms with van der Waals surface area (Å²) in [5.41, 5.74) is 1.11. The maximum absolute atomic E-state index is 13.7. The van der Waals surface area contributed by atoms with Gasteiger partial charge in [-0.15, -0.1) is 0 Å². The molecule has 0 radical (unpaired) electrons. The third kappa shape index (κ3) is 25.4. The van der Waals surface area contributed by atoms with E-state index in [1.54, 1.807) is 12.0 Å². The summed E-state index contributed by atoms with van der Waals surface area (Å²) in [5.74, 6) is 0.0520. The van der Waals surface area contributed by atoms with Crippen LogP contribution >= 0.6 is 0 Å². The summed E-state index contributed by atoms with van der Waals surface area (Å²) < 4.78 is 10.8. The number of nitrogens with one attached hydrogen (secondary N) is 1. The molecule has 1 unspecified atom stereocenters. The SMILES string of the molecule is CCCCCCCCCCCCCCCCCC(=O)OCC(=O)N(CCCN(C)C)C(CCCCCCCC)C(=O)NCCc1ccc(OC)cc1. The lowest BCUT2D eigenvalue weighted by atomic mass is 10.0. The number of carbonyl (C=O) groups excluding carboxylic acids is 3. The van der Waals surface area contributed by atoms with Crippen LogP contribution in [0.1, 0.15) is 174 Å². The third-order valence-corrected chi connectivity index (χ3v) is 10.0. The van der Waals surface area contributed by atoms with Gasteiger partial charge < -0.3 is 24.6 Å². The third-order valence-electron chi connectivity index (χ3n) is 10.0. The van der Waals surface area contributed by atoms with E-state index in [0.717, 1.165) is 62.8 Å². The Balaban J connectivity index is 2.56. The van der Waals surface area contributed by atoms with Crippen LogP contribution in [0, 0.1) is 0 Å². The zero-order chi connectivity index (χ0) is 38.1. The van der Waals surface area contributed by atoms with Crippen molar-refractivity contribution >= 4 is 17.8 Å². The van der Waals surface area contributed by atoms with Crippen LogP contribution in [-0.4, -0.2) is 81.1 Å². The second-order valence-electron chi connectivity index (χ2n) is 15.1. The van der Waals surface area contributed by atoms with Crippen LogP contribution in [0.25, 0.3) is 0 Å². The fourth-order valence-corrected chi connectivity index (χ4v) is 6.74. The standard InChI is InChI=1S/C44H79N3O5/c1-6-8-10-12-14-15-16-17-18-19-20-21-22-24-26-29-43(49)52-38-42(48)47(37-27-36-46(3)4)41(28-25-23-13-11-9-7-2)44(50)45-35-34-39-30-32-40(51-5)33-31-39/h30-33,41H,6-29,34-38H2,1-5H3,(H,45,50). The first kappa shape index (κ1) is 47.4. The van der Waals surface area contributed by atoms with Gasteiger partial charge in [-0.25, -0.2) is 0 Å². The van der Waals surface area contributed by atoms with E-state index in [2.05, 4.69) is 24.1 Å². The van der Waals surface area contributed by atoms with Gasteiger partial charge in [0, 0.05) is 19.5 Å². The largest absolute Gasteiger partial charge is 0.497 e. The Kier molecular flexibility index (Phi) is 30.1. The summed E-state index contributed by atoms with van der Waals surface area (Å²) in [6, 6.07) is 7.26. The number of methoxy groups -OCH3 is 1. The van der Waals surface area contributed by atoms with Gasteiger partial charge in [0.1, 0.15) is 11.8 Å². The first-order chi connectivity index (χ1) is 25.3. The minimum atomic E-state index is -0.592. The highest BCUT2D eigenvalue weighted by molar-refractivity contribution is 5.88. The van der Waals surface area contributed by atoms with Crippen LogP contribution in [0.3, 0.4) is 0 Å². The summed E-state index contributed by atoms with van der Waals surface area (Å²) in [6.07, 6.45) is 28.1. The fraction of sp³-hybridized carbons (Fsp3) is 0.795. The van der Waals surface area contributed by atoms with Crippen LogP contribution in [0.2, 0.25) is 0 Å². The minimum Gasteiger partial charge on any atom is -0.497 e. The van der Waals surface area contributed by atoms with E-state index in [1.807, 2.05) is 38.4 Å². The summed E-state index contributed by atoms with van der Waals surface area (Å²) in [4.78, 5) is 43.8. The van der Waals surface area contributed by atoms with Gasteiger partial charge in [0.25, 0.3) is 5.91 Å². The van der Waals surface area contributed by atoms with E-state index in [1.165, 1.54) is 96.3 Å². The van der Waals surface area contributed by atoms with Crippen LogP contribution in [-0.2, 0) is 25.5 Å². The van der Waals surface area contributed by atoms with Gasteiger partial charge in [0.2, 0.25) is 5.91 Å². The molecule has 0 bridgehead atoms. The molecule has 0 fully saturated rings. The van der Waals surface area contributed by atoms with E-state index >= 15 is 0 Å². The van der Waals surface area contributed by atoms with Crippen molar-refractivity contribution in [1.29, 1.82) is 0 Å². The molecule has 8 heteroatoms. The molecule has 0 aliphatic rings. The molecule has 0 saturated carbocycles. The molecule has 52 heavy (non-hydrogen) atoms. The topological polar surface area (TPSA) is 88.2 Å². The number of nitrogens with zero attached hydrogens (tertiary/aromatic N) is 2. The average molecular weight is 730 g/mol. The van der Waals surface area contributed by atoms with Crippen molar-refractivity contribution in [3.8, 4) is 5.75 Å². The van der Waals surface area contributed by atoms with Crippen molar-refractivity contribution in [2.45, 2.75) is 180 Å². The molecule has 0 aromatic heterocycles. The molecular formula is C44H79N3O5. The van der Waals surface area contributed by atoms with E-state index in [-0.39, 0.29) is 24.4 Å². The van der Waals surface area contributed by atoms with Crippen LogP contribution in [0.5, 0.6) is 5.75 Å². The zero-order valence-corrected chi connectivity index (χ0v) is 34.3. The molecule has 1 N–H and O–H groups in total. The van der Waals surface area contributed by atoms with Crippen molar-refractivity contribution < 1.29 is 23.9 Å². The number of carbonyl (C=O) groups is 3. The molecule has 0 aliphatic heterocycles. The Hall–Kier alpha value is -2.61. The minimum absolute atomic E-state index is 0.135. The fourth-order valence-electron chi connectivity index (χ4n) is 6.74. The Labute approximate surface area is 319 Å². The number of rotatable bonds is 35. The van der Waals surface area contributed by atoms with Crippen molar-refractivity contribution in [3.05, 3.63) is 29.8 Å².